The summed E-state index contributed by atoms with van der Waals surface area (Å²) in [7, 11) is -5.04. The highest BCUT2D eigenvalue weighted by Crippen LogP contribution is 2.22. The van der Waals surface area contributed by atoms with E-state index in [1.54, 1.807) is 0 Å². The minimum atomic E-state index is -3.86. The van der Waals surface area contributed by atoms with Gasteiger partial charge in [-0.3, -0.25) is 9.00 Å². The Balaban J connectivity index is 1.35. The molecule has 0 amide bonds. The molecule has 0 spiro atoms. The molecule has 0 radical (unpaired) electrons. The Bertz CT molecular complexity index is 1300. The number of carboxylic acid groups (broad SMARTS) is 1. The Hall–Kier alpha value is -2.79. The fourth-order valence-electron chi connectivity index (χ4n) is 3.91. The molecule has 34 heavy (non-hydrogen) atoms. The van der Waals surface area contributed by atoms with Crippen molar-refractivity contribution >= 4 is 43.4 Å². The van der Waals surface area contributed by atoms with Crippen LogP contribution >= 0.6 is 0 Å². The molecule has 4 rings (SSSR count). The quantitative estimate of drug-likeness (QED) is 0.491. The van der Waals surface area contributed by atoms with E-state index in [2.05, 4.69) is 21.8 Å². The van der Waals surface area contributed by atoms with E-state index < -0.39 is 33.0 Å². The Labute approximate surface area is 201 Å². The highest BCUT2D eigenvalue weighted by Gasteiger charge is 2.29. The minimum Gasteiger partial charge on any atom is -0.480 e. The molecule has 1 aliphatic heterocycles. The van der Waals surface area contributed by atoms with Crippen molar-refractivity contribution in [1.29, 1.82) is 0 Å². The van der Waals surface area contributed by atoms with Crippen molar-refractivity contribution < 1.29 is 22.5 Å². The lowest BCUT2D eigenvalue weighted by Crippen LogP contribution is -2.54. The smallest absolute Gasteiger partial charge is 0.321 e. The summed E-state index contributed by atoms with van der Waals surface area (Å²) in [4.78, 5) is 13.8. The number of rotatable bonds is 8. The molecular weight excluding hydrogens is 474 g/mol. The van der Waals surface area contributed by atoms with Crippen LogP contribution in [0.25, 0.3) is 10.8 Å². The van der Waals surface area contributed by atoms with Crippen molar-refractivity contribution in [3.8, 4) is 0 Å². The molecule has 2 atom stereocenters. The third-order valence-electron chi connectivity index (χ3n) is 5.85. The molecule has 10 heteroatoms. The van der Waals surface area contributed by atoms with Crippen LogP contribution in [0.5, 0.6) is 0 Å². The van der Waals surface area contributed by atoms with Crippen molar-refractivity contribution in [3.05, 3.63) is 72.3 Å². The number of benzene rings is 3. The lowest BCUT2D eigenvalue weighted by molar-refractivity contribution is -0.138. The zero-order valence-electron chi connectivity index (χ0n) is 18.8. The minimum absolute atomic E-state index is 0.247. The van der Waals surface area contributed by atoms with Gasteiger partial charge in [0, 0.05) is 36.8 Å². The van der Waals surface area contributed by atoms with Crippen molar-refractivity contribution in [2.24, 2.45) is 0 Å². The fraction of sp³-hybridized carbons (Fsp3) is 0.292. The van der Waals surface area contributed by atoms with Crippen molar-refractivity contribution in [2.75, 3.05) is 31.1 Å². The number of aliphatic carboxylic acids is 1. The second-order valence-corrected chi connectivity index (χ2v) is 11.4. The van der Waals surface area contributed by atoms with E-state index in [1.807, 2.05) is 54.6 Å². The molecular formula is C24H27N3O5S2. The largest absolute Gasteiger partial charge is 0.480 e. The SMILES string of the molecule is C[C@@H](NS(=O)(=O)N1CCN(c2ccc(S(=O)Cc3ccc4ccccc4c3)cc2)CC1)C(=O)O. The Morgan fingerprint density at radius 3 is 2.29 bits per heavy atom. The molecule has 1 aliphatic rings. The molecule has 0 aliphatic carbocycles. The number of hydrogen-bond acceptors (Lipinski definition) is 5. The molecule has 3 aromatic rings. The first-order valence-corrected chi connectivity index (χ1v) is 13.7. The van der Waals surface area contributed by atoms with E-state index in [0.29, 0.717) is 18.8 Å². The van der Waals surface area contributed by atoms with Gasteiger partial charge in [0.1, 0.15) is 6.04 Å². The Morgan fingerprint density at radius 2 is 1.65 bits per heavy atom. The lowest BCUT2D eigenvalue weighted by Gasteiger charge is -2.35. The molecule has 0 aromatic heterocycles. The van der Waals surface area contributed by atoms with Gasteiger partial charge in [-0.2, -0.15) is 17.4 Å². The van der Waals surface area contributed by atoms with Crippen LogP contribution in [0.3, 0.4) is 0 Å². The van der Waals surface area contributed by atoms with Gasteiger partial charge < -0.3 is 10.0 Å². The average Bonchev–Trinajstić information content (AvgIpc) is 2.84. The van der Waals surface area contributed by atoms with Gasteiger partial charge in [-0.15, -0.1) is 0 Å². The van der Waals surface area contributed by atoms with Crippen LogP contribution < -0.4 is 9.62 Å². The molecule has 180 valence electrons. The van der Waals surface area contributed by atoms with Gasteiger partial charge in [0.15, 0.2) is 0 Å². The van der Waals surface area contributed by atoms with Gasteiger partial charge in [-0.05, 0) is 47.5 Å². The van der Waals surface area contributed by atoms with E-state index >= 15 is 0 Å². The lowest BCUT2D eigenvalue weighted by atomic mass is 10.1. The highest BCUT2D eigenvalue weighted by molar-refractivity contribution is 7.87. The number of nitrogens with zero attached hydrogens (tertiary/aromatic N) is 2. The monoisotopic (exact) mass is 501 g/mol. The second kappa shape index (κ2) is 10.2. The van der Waals surface area contributed by atoms with Gasteiger partial charge >= 0.3 is 5.97 Å². The van der Waals surface area contributed by atoms with Gasteiger partial charge in [0.25, 0.3) is 10.2 Å². The van der Waals surface area contributed by atoms with Gasteiger partial charge in [0.05, 0.1) is 16.6 Å². The number of hydrogen-bond donors (Lipinski definition) is 2. The maximum Gasteiger partial charge on any atom is 0.321 e. The summed E-state index contributed by atoms with van der Waals surface area (Å²) in [5, 5.41) is 11.2. The van der Waals surface area contributed by atoms with Crippen LogP contribution in [-0.2, 0) is 31.6 Å². The predicted molar refractivity (Wildman–Crippen MR) is 133 cm³/mol. The van der Waals surface area contributed by atoms with Crippen molar-refractivity contribution in [2.45, 2.75) is 23.6 Å². The molecule has 8 nitrogen and oxygen atoms in total. The molecule has 1 saturated heterocycles. The number of piperazine rings is 1. The summed E-state index contributed by atoms with van der Waals surface area (Å²) in [5.74, 6) is -0.789. The number of anilines is 1. The zero-order chi connectivity index (χ0) is 24.3. The highest BCUT2D eigenvalue weighted by atomic mass is 32.2. The number of carbonyl (C=O) groups is 1. The van der Waals surface area contributed by atoms with Crippen LogP contribution in [-0.4, -0.2) is 60.2 Å². The molecule has 1 unspecified atom stereocenters. The van der Waals surface area contributed by atoms with Gasteiger partial charge in [-0.25, -0.2) is 0 Å². The maximum atomic E-state index is 12.9. The first kappa shape index (κ1) is 24.3. The van der Waals surface area contributed by atoms with Crippen LogP contribution in [0.4, 0.5) is 5.69 Å². The molecule has 0 bridgehead atoms. The van der Waals surface area contributed by atoms with Gasteiger partial charge in [-0.1, -0.05) is 42.5 Å². The Morgan fingerprint density at radius 1 is 1.00 bits per heavy atom. The second-order valence-electron chi connectivity index (χ2n) is 8.23. The van der Waals surface area contributed by atoms with E-state index in [-0.39, 0.29) is 13.1 Å². The molecule has 0 saturated carbocycles. The maximum absolute atomic E-state index is 12.9. The number of fused-ring (bicyclic) bond motifs is 1. The molecule has 1 fully saturated rings. The van der Waals surface area contributed by atoms with E-state index in [4.69, 9.17) is 5.11 Å². The fourth-order valence-corrected chi connectivity index (χ4v) is 6.34. The summed E-state index contributed by atoms with van der Waals surface area (Å²) in [6.07, 6.45) is 0. The zero-order valence-corrected chi connectivity index (χ0v) is 20.4. The summed E-state index contributed by atoms with van der Waals surface area (Å²) >= 11 is 0. The summed E-state index contributed by atoms with van der Waals surface area (Å²) in [6, 6.07) is 20.5. The van der Waals surface area contributed by atoms with Crippen molar-refractivity contribution in [3.63, 3.8) is 0 Å². The summed E-state index contributed by atoms with van der Waals surface area (Å²) in [6.45, 7) is 2.74. The third-order valence-corrected chi connectivity index (χ3v) is 8.94. The third kappa shape index (κ3) is 5.64. The Kier molecular flexibility index (Phi) is 7.32. The first-order valence-electron chi connectivity index (χ1n) is 10.9. The van der Waals surface area contributed by atoms with E-state index in [1.165, 1.54) is 11.2 Å². The molecule has 3 aromatic carbocycles. The van der Waals surface area contributed by atoms with E-state index in [0.717, 1.165) is 26.9 Å². The predicted octanol–water partition coefficient (Wildman–Crippen LogP) is 2.58. The standard InChI is InChI=1S/C24H27N3O5S2/c1-18(24(28)29)25-34(31,32)27-14-12-26(13-15-27)22-8-10-23(11-9-22)33(30)17-19-6-7-20-4-2-3-5-21(20)16-19/h2-11,16,18,25H,12-15,17H2,1H3,(H,28,29)/t18-,33?/m1/s1. The van der Waals surface area contributed by atoms with Gasteiger partial charge in [0.2, 0.25) is 0 Å². The van der Waals surface area contributed by atoms with Crippen LogP contribution in [0.2, 0.25) is 0 Å². The van der Waals surface area contributed by atoms with E-state index in [9.17, 15) is 17.4 Å². The topological polar surface area (TPSA) is 107 Å². The van der Waals surface area contributed by atoms with Crippen molar-refractivity contribution in [1.82, 2.24) is 9.03 Å². The molecule has 1 heterocycles. The van der Waals surface area contributed by atoms with Crippen LogP contribution in [0, 0.1) is 0 Å². The summed E-state index contributed by atoms with van der Waals surface area (Å²) < 4.78 is 41.1. The molecule has 2 N–H and O–H groups in total. The number of nitrogens with one attached hydrogen (secondary N) is 1. The summed E-state index contributed by atoms with van der Waals surface area (Å²) in [5.41, 5.74) is 1.94. The first-order chi connectivity index (χ1) is 16.2. The average molecular weight is 502 g/mol. The van der Waals surface area contributed by atoms with Crippen LogP contribution in [0.15, 0.2) is 71.6 Å². The van der Waals surface area contributed by atoms with Crippen LogP contribution in [0.1, 0.15) is 12.5 Å². The number of carboxylic acids is 1. The normalized spacial score (nSPS) is 16.9.